The molecule has 0 N–H and O–H groups in total. The molecule has 0 fully saturated rings. The molecule has 3 heteroatoms. The summed E-state index contributed by atoms with van der Waals surface area (Å²) in [7, 11) is 0. The summed E-state index contributed by atoms with van der Waals surface area (Å²) >= 11 is 0. The molecule has 24 heavy (non-hydrogen) atoms. The lowest BCUT2D eigenvalue weighted by Crippen LogP contribution is -2.52. The van der Waals surface area contributed by atoms with Crippen LogP contribution in [0, 0.1) is 0 Å². The average Bonchev–Trinajstić information content (AvgIpc) is 2.58. The van der Waals surface area contributed by atoms with E-state index in [4.69, 9.17) is 4.84 Å². The molecule has 0 saturated heterocycles. The Labute approximate surface area is 155 Å². The Hall–Kier alpha value is -0.0151. The van der Waals surface area contributed by atoms with Gasteiger partial charge in [0, 0.05) is 0 Å². The van der Waals surface area contributed by atoms with E-state index in [9.17, 15) is 0 Å². The molecule has 0 radical (unpaired) electrons. The van der Waals surface area contributed by atoms with Crippen LogP contribution in [0.15, 0.2) is 0 Å². The summed E-state index contributed by atoms with van der Waals surface area (Å²) in [4.78, 5) is 6.89. The second-order valence-electron chi connectivity index (χ2n) is 7.30. The molecule has 0 saturated carbocycles. The van der Waals surface area contributed by atoms with Gasteiger partial charge in [-0.15, -0.1) is 0 Å². The molecular weight excluding hydrogens is 293 g/mol. The second-order valence-corrected chi connectivity index (χ2v) is 7.30. The van der Waals surface area contributed by atoms with Crippen LogP contribution in [-0.2, 0) is 4.84 Å². The molecule has 0 aromatic heterocycles. The van der Waals surface area contributed by atoms with Crippen LogP contribution in [-0.4, -0.2) is 38.8 Å². The average molecular weight is 343 g/mol. The molecule has 0 aromatic carbocycles. The molecule has 0 heterocycles. The van der Waals surface area contributed by atoms with Crippen LogP contribution < -0.4 is 0 Å². The third-order valence-corrected chi connectivity index (χ3v) is 4.89. The van der Waals surface area contributed by atoms with Gasteiger partial charge in [-0.1, -0.05) is 88.0 Å². The molecule has 0 aliphatic carbocycles. The minimum atomic E-state index is 0. The monoisotopic (exact) mass is 343 g/mol. The molecule has 0 unspecified atom stereocenters. The first-order valence-corrected chi connectivity index (χ1v) is 10.7. The molecule has 2 nitrogen and oxygen atoms in total. The first-order chi connectivity index (χ1) is 11.2. The Morgan fingerprint density at radius 2 is 0.917 bits per heavy atom. The van der Waals surface area contributed by atoms with Crippen molar-refractivity contribution in [1.82, 2.24) is 0 Å². The summed E-state index contributed by atoms with van der Waals surface area (Å²) in [6.45, 7) is 15.1. The summed E-state index contributed by atoms with van der Waals surface area (Å²) in [5, 5.41) is 0. The fraction of sp³-hybridized carbons (Fsp3) is 1.00. The topological polar surface area (TPSA) is 9.23 Å². The molecule has 0 spiro atoms. The largest absolute Gasteiger partial charge is 0.200 e. The van der Waals surface area contributed by atoms with Crippen molar-refractivity contribution in [3.05, 3.63) is 0 Å². The molecule has 0 atom stereocenters. The zero-order chi connectivity index (χ0) is 17.4. The zero-order valence-electron chi connectivity index (χ0n) is 17.0. The standard InChI is InChI=1S/C21H46NO.BH4/c1-6-11-16-21(17-12-7-2)23-22(18-13-8-3,19-14-9-4)20-15-10-5;/h21H,6-20H2,1-5H3;1H4/q+1;-1. The highest BCUT2D eigenvalue weighted by atomic mass is 16.7. The lowest BCUT2D eigenvalue weighted by molar-refractivity contribution is -1.11. The third-order valence-electron chi connectivity index (χ3n) is 4.89. The lowest BCUT2D eigenvalue weighted by Gasteiger charge is -2.39. The van der Waals surface area contributed by atoms with Gasteiger partial charge in [0.25, 0.3) is 0 Å². The summed E-state index contributed by atoms with van der Waals surface area (Å²) in [5.74, 6) is 0. The van der Waals surface area contributed by atoms with Crippen LogP contribution >= 0.6 is 0 Å². The Balaban J connectivity index is 0. The van der Waals surface area contributed by atoms with Gasteiger partial charge in [0.15, 0.2) is 0 Å². The van der Waals surface area contributed by atoms with Gasteiger partial charge in [-0.2, -0.15) is 9.48 Å². The highest BCUT2D eigenvalue weighted by Gasteiger charge is 2.31. The first kappa shape index (κ1) is 26.2. The van der Waals surface area contributed by atoms with E-state index < -0.39 is 0 Å². The van der Waals surface area contributed by atoms with Crippen molar-refractivity contribution in [2.75, 3.05) is 19.6 Å². The number of unbranched alkanes of at least 4 members (excludes halogenated alkanes) is 5. The second kappa shape index (κ2) is 17.8. The predicted octanol–water partition coefficient (Wildman–Crippen LogP) is 5.43. The van der Waals surface area contributed by atoms with Gasteiger partial charge in [-0.3, -0.25) is 0 Å². The van der Waals surface area contributed by atoms with E-state index in [-0.39, 0.29) is 8.41 Å². The summed E-state index contributed by atoms with van der Waals surface area (Å²) < 4.78 is 0.938. The van der Waals surface area contributed by atoms with Crippen molar-refractivity contribution >= 4 is 8.41 Å². The van der Waals surface area contributed by atoms with Crippen molar-refractivity contribution in [1.29, 1.82) is 0 Å². The fourth-order valence-corrected chi connectivity index (χ4v) is 3.26. The van der Waals surface area contributed by atoms with Crippen LogP contribution in [0.2, 0.25) is 0 Å². The molecule has 0 rings (SSSR count). The maximum atomic E-state index is 6.89. The molecule has 0 aliphatic rings. The van der Waals surface area contributed by atoms with Crippen LogP contribution in [0.5, 0.6) is 0 Å². The lowest BCUT2D eigenvalue weighted by atomic mass is 10.1. The van der Waals surface area contributed by atoms with Gasteiger partial charge in [0.05, 0.1) is 0 Å². The highest BCUT2D eigenvalue weighted by Crippen LogP contribution is 2.23. The van der Waals surface area contributed by atoms with E-state index in [2.05, 4.69) is 34.6 Å². The predicted molar refractivity (Wildman–Crippen MR) is 115 cm³/mol. The Bertz CT molecular complexity index is 218. The van der Waals surface area contributed by atoms with Crippen molar-refractivity contribution in [3.63, 3.8) is 0 Å². The molecule has 0 aromatic rings. The Kier molecular flexibility index (Phi) is 19.4. The van der Waals surface area contributed by atoms with Crippen molar-refractivity contribution in [3.8, 4) is 0 Å². The maximum Gasteiger partial charge on any atom is 0.117 e. The van der Waals surface area contributed by atoms with E-state index >= 15 is 0 Å². The minimum Gasteiger partial charge on any atom is -0.200 e. The van der Waals surface area contributed by atoms with Crippen molar-refractivity contribution in [2.24, 2.45) is 0 Å². The van der Waals surface area contributed by atoms with Crippen LogP contribution in [0.1, 0.15) is 112 Å². The summed E-state index contributed by atoms with van der Waals surface area (Å²) in [6.07, 6.45) is 15.9. The van der Waals surface area contributed by atoms with E-state index in [0.717, 1.165) is 4.65 Å². The molecule has 0 aliphatic heterocycles. The number of rotatable bonds is 17. The number of hydrogen-bond acceptors (Lipinski definition) is 1. The summed E-state index contributed by atoms with van der Waals surface area (Å²) in [5.41, 5.74) is 0. The molecular formula is C21H50BNO. The van der Waals surface area contributed by atoms with Crippen molar-refractivity contribution in [2.45, 2.75) is 118 Å². The SMILES string of the molecule is CCCCC(CCCC)O[N+](CCCC)(CCCC)CCCC.[BH4-]. The van der Waals surface area contributed by atoms with Crippen LogP contribution in [0.25, 0.3) is 0 Å². The van der Waals surface area contributed by atoms with Gasteiger partial charge >= 0.3 is 0 Å². The van der Waals surface area contributed by atoms with E-state index in [1.165, 1.54) is 96.7 Å². The Morgan fingerprint density at radius 1 is 0.583 bits per heavy atom. The van der Waals surface area contributed by atoms with E-state index in [0.29, 0.717) is 6.10 Å². The van der Waals surface area contributed by atoms with Gasteiger partial charge < -0.3 is 0 Å². The quantitative estimate of drug-likeness (QED) is 0.194. The van der Waals surface area contributed by atoms with Gasteiger partial charge in [-0.05, 0) is 32.1 Å². The first-order valence-electron chi connectivity index (χ1n) is 10.7. The molecule has 0 amide bonds. The van der Waals surface area contributed by atoms with Gasteiger partial charge in [-0.25, -0.2) is 0 Å². The zero-order valence-corrected chi connectivity index (χ0v) is 17.0. The van der Waals surface area contributed by atoms with E-state index in [1.54, 1.807) is 0 Å². The van der Waals surface area contributed by atoms with Gasteiger partial charge in [0.1, 0.15) is 25.7 Å². The normalized spacial score (nSPS) is 11.8. The Morgan fingerprint density at radius 3 is 1.21 bits per heavy atom. The number of nitrogens with zero attached hydrogens (tertiary/aromatic N) is 1. The smallest absolute Gasteiger partial charge is 0.117 e. The van der Waals surface area contributed by atoms with Crippen LogP contribution in [0.4, 0.5) is 0 Å². The third kappa shape index (κ3) is 12.4. The maximum absolute atomic E-state index is 6.89. The van der Waals surface area contributed by atoms with E-state index in [1.807, 2.05) is 0 Å². The highest BCUT2D eigenvalue weighted by molar-refractivity contribution is 5.75. The number of quaternary nitrogens is 1. The molecule has 0 bridgehead atoms. The minimum absolute atomic E-state index is 0. The molecule has 148 valence electrons. The van der Waals surface area contributed by atoms with Crippen molar-refractivity contribution < 1.29 is 9.48 Å². The van der Waals surface area contributed by atoms with Gasteiger partial charge in [0.2, 0.25) is 0 Å². The number of hydroxylamine groups is 3. The summed E-state index contributed by atoms with van der Waals surface area (Å²) in [6, 6.07) is 0. The van der Waals surface area contributed by atoms with Crippen LogP contribution in [0.3, 0.4) is 0 Å². The number of hydrogen-bond donors (Lipinski definition) is 0. The fourth-order valence-electron chi connectivity index (χ4n) is 3.26.